The zero-order valence-electron chi connectivity index (χ0n) is 8.75. The second-order valence-electron chi connectivity index (χ2n) is 3.30. The number of nitrogens with one attached hydrogen (secondary N) is 1. The molecule has 1 rings (SSSR count). The standard InChI is InChI=1S/C11H17N3/c1-9-4-3-5-10(8-9)6-7-11(13-2)14-12/h3-5,8H,6-7,12H2,1-2H3,(H,13,14). The number of hydrogen-bond donors (Lipinski definition) is 2. The van der Waals surface area contributed by atoms with Crippen LogP contribution in [0.1, 0.15) is 17.5 Å². The van der Waals surface area contributed by atoms with Crippen LogP contribution in [0.15, 0.2) is 29.3 Å². The Labute approximate surface area is 85.0 Å². The number of aryl methyl sites for hydroxylation is 2. The van der Waals surface area contributed by atoms with Gasteiger partial charge in [-0.25, -0.2) is 5.84 Å². The molecule has 0 unspecified atom stereocenters. The molecular formula is C11H17N3. The summed E-state index contributed by atoms with van der Waals surface area (Å²) < 4.78 is 0. The van der Waals surface area contributed by atoms with E-state index in [9.17, 15) is 0 Å². The summed E-state index contributed by atoms with van der Waals surface area (Å²) in [7, 11) is 1.74. The average Bonchev–Trinajstić information content (AvgIpc) is 2.19. The minimum Gasteiger partial charge on any atom is -0.312 e. The third-order valence-corrected chi connectivity index (χ3v) is 2.17. The van der Waals surface area contributed by atoms with Crippen molar-refractivity contribution in [2.45, 2.75) is 19.8 Å². The molecule has 0 fully saturated rings. The summed E-state index contributed by atoms with van der Waals surface area (Å²) in [6.45, 7) is 2.10. The predicted octanol–water partition coefficient (Wildman–Crippen LogP) is 1.42. The van der Waals surface area contributed by atoms with Gasteiger partial charge < -0.3 is 5.43 Å². The van der Waals surface area contributed by atoms with Crippen molar-refractivity contribution in [3.05, 3.63) is 35.4 Å². The topological polar surface area (TPSA) is 50.4 Å². The highest BCUT2D eigenvalue weighted by Crippen LogP contribution is 2.06. The summed E-state index contributed by atoms with van der Waals surface area (Å²) >= 11 is 0. The third kappa shape index (κ3) is 3.18. The summed E-state index contributed by atoms with van der Waals surface area (Å²) in [5.74, 6) is 6.14. The Balaban J connectivity index is 2.53. The molecule has 76 valence electrons. The van der Waals surface area contributed by atoms with Gasteiger partial charge in [-0.3, -0.25) is 4.99 Å². The van der Waals surface area contributed by atoms with Gasteiger partial charge in [0.1, 0.15) is 5.84 Å². The lowest BCUT2D eigenvalue weighted by molar-refractivity contribution is 0.922. The zero-order chi connectivity index (χ0) is 10.4. The number of hydrazine groups is 1. The van der Waals surface area contributed by atoms with Crippen molar-refractivity contribution in [3.8, 4) is 0 Å². The van der Waals surface area contributed by atoms with Crippen molar-refractivity contribution in [3.63, 3.8) is 0 Å². The van der Waals surface area contributed by atoms with Crippen molar-refractivity contribution >= 4 is 5.84 Å². The van der Waals surface area contributed by atoms with Crippen molar-refractivity contribution in [2.75, 3.05) is 7.05 Å². The Bertz CT molecular complexity index is 318. The summed E-state index contributed by atoms with van der Waals surface area (Å²) in [5, 5.41) is 0. The van der Waals surface area contributed by atoms with E-state index < -0.39 is 0 Å². The van der Waals surface area contributed by atoms with E-state index in [0.717, 1.165) is 18.7 Å². The van der Waals surface area contributed by atoms with Crippen molar-refractivity contribution < 1.29 is 0 Å². The molecule has 0 bridgehead atoms. The van der Waals surface area contributed by atoms with Crippen LogP contribution in [0, 0.1) is 6.92 Å². The summed E-state index contributed by atoms with van der Waals surface area (Å²) in [5.41, 5.74) is 5.20. The maximum absolute atomic E-state index is 5.30. The van der Waals surface area contributed by atoms with Crippen LogP contribution in [0.2, 0.25) is 0 Å². The summed E-state index contributed by atoms with van der Waals surface area (Å²) in [6.07, 6.45) is 1.83. The molecular weight excluding hydrogens is 174 g/mol. The van der Waals surface area contributed by atoms with Crippen molar-refractivity contribution in [1.29, 1.82) is 0 Å². The number of nitrogens with zero attached hydrogens (tertiary/aromatic N) is 1. The lowest BCUT2D eigenvalue weighted by atomic mass is 10.1. The molecule has 0 aliphatic rings. The van der Waals surface area contributed by atoms with Gasteiger partial charge in [0.05, 0.1) is 0 Å². The van der Waals surface area contributed by atoms with E-state index in [2.05, 4.69) is 41.6 Å². The quantitative estimate of drug-likeness (QED) is 0.328. The molecule has 3 N–H and O–H groups in total. The Kier molecular flexibility index (Phi) is 4.13. The second kappa shape index (κ2) is 5.40. The van der Waals surface area contributed by atoms with Crippen LogP contribution in [-0.2, 0) is 6.42 Å². The van der Waals surface area contributed by atoms with Gasteiger partial charge in [-0.05, 0) is 18.9 Å². The predicted molar refractivity (Wildman–Crippen MR) is 60.2 cm³/mol. The van der Waals surface area contributed by atoms with Gasteiger partial charge in [0.25, 0.3) is 0 Å². The van der Waals surface area contributed by atoms with Crippen molar-refractivity contribution in [1.82, 2.24) is 5.43 Å². The second-order valence-corrected chi connectivity index (χ2v) is 3.30. The first kappa shape index (κ1) is 10.7. The minimum absolute atomic E-state index is 0.839. The molecule has 0 amide bonds. The van der Waals surface area contributed by atoms with E-state index in [1.165, 1.54) is 11.1 Å². The lowest BCUT2D eigenvalue weighted by Gasteiger charge is -2.05. The Morgan fingerprint density at radius 3 is 2.86 bits per heavy atom. The SMILES string of the molecule is CN=C(CCc1cccc(C)c1)NN. The van der Waals surface area contributed by atoms with Gasteiger partial charge in [-0.1, -0.05) is 29.8 Å². The first-order chi connectivity index (χ1) is 6.76. The van der Waals surface area contributed by atoms with E-state index in [-0.39, 0.29) is 0 Å². The maximum atomic E-state index is 5.30. The fraction of sp³-hybridized carbons (Fsp3) is 0.364. The monoisotopic (exact) mass is 191 g/mol. The molecule has 0 radical (unpaired) electrons. The third-order valence-electron chi connectivity index (χ3n) is 2.17. The molecule has 0 saturated heterocycles. The number of aliphatic imine (C=N–C) groups is 1. The smallest absolute Gasteiger partial charge is 0.110 e. The van der Waals surface area contributed by atoms with Gasteiger partial charge in [0.2, 0.25) is 0 Å². The number of amidine groups is 1. The molecule has 1 aromatic rings. The normalized spacial score (nSPS) is 11.5. The summed E-state index contributed by atoms with van der Waals surface area (Å²) in [4.78, 5) is 4.02. The first-order valence-electron chi connectivity index (χ1n) is 4.74. The Morgan fingerprint density at radius 2 is 2.29 bits per heavy atom. The van der Waals surface area contributed by atoms with Gasteiger partial charge >= 0.3 is 0 Å². The zero-order valence-corrected chi connectivity index (χ0v) is 8.75. The fourth-order valence-electron chi connectivity index (χ4n) is 1.38. The van der Waals surface area contributed by atoms with Crippen LogP contribution in [0.25, 0.3) is 0 Å². The minimum atomic E-state index is 0.839. The molecule has 0 aliphatic carbocycles. The summed E-state index contributed by atoms with van der Waals surface area (Å²) in [6, 6.07) is 8.48. The first-order valence-corrected chi connectivity index (χ1v) is 4.74. The number of nitrogens with two attached hydrogens (primary N) is 1. The van der Waals surface area contributed by atoms with Crippen LogP contribution in [-0.4, -0.2) is 12.9 Å². The van der Waals surface area contributed by atoms with Crippen LogP contribution >= 0.6 is 0 Å². The Morgan fingerprint density at radius 1 is 1.50 bits per heavy atom. The van der Waals surface area contributed by atoms with Crippen LogP contribution in [0.4, 0.5) is 0 Å². The molecule has 0 aromatic heterocycles. The molecule has 0 atom stereocenters. The molecule has 0 saturated carbocycles. The molecule has 0 spiro atoms. The van der Waals surface area contributed by atoms with Gasteiger partial charge in [-0.2, -0.15) is 0 Å². The largest absolute Gasteiger partial charge is 0.312 e. The molecule has 0 aliphatic heterocycles. The molecule has 0 heterocycles. The van der Waals surface area contributed by atoms with E-state index in [1.54, 1.807) is 7.05 Å². The molecule has 1 aromatic carbocycles. The average molecular weight is 191 g/mol. The molecule has 14 heavy (non-hydrogen) atoms. The highest BCUT2D eigenvalue weighted by atomic mass is 15.2. The van der Waals surface area contributed by atoms with Crippen LogP contribution < -0.4 is 11.3 Å². The highest BCUT2D eigenvalue weighted by molar-refractivity contribution is 5.81. The Hall–Kier alpha value is -1.35. The number of benzene rings is 1. The fourth-order valence-corrected chi connectivity index (χ4v) is 1.38. The van der Waals surface area contributed by atoms with E-state index in [4.69, 9.17) is 5.84 Å². The lowest BCUT2D eigenvalue weighted by Crippen LogP contribution is -2.30. The highest BCUT2D eigenvalue weighted by Gasteiger charge is 1.97. The van der Waals surface area contributed by atoms with E-state index in [0.29, 0.717) is 0 Å². The van der Waals surface area contributed by atoms with E-state index in [1.807, 2.05) is 0 Å². The van der Waals surface area contributed by atoms with Crippen LogP contribution in [0.5, 0.6) is 0 Å². The van der Waals surface area contributed by atoms with E-state index >= 15 is 0 Å². The maximum Gasteiger partial charge on any atom is 0.110 e. The number of hydrogen-bond acceptors (Lipinski definition) is 2. The number of rotatable bonds is 3. The van der Waals surface area contributed by atoms with Gasteiger partial charge in [-0.15, -0.1) is 0 Å². The van der Waals surface area contributed by atoms with Crippen LogP contribution in [0.3, 0.4) is 0 Å². The molecule has 3 nitrogen and oxygen atoms in total. The van der Waals surface area contributed by atoms with Gasteiger partial charge in [0.15, 0.2) is 0 Å². The van der Waals surface area contributed by atoms with Crippen molar-refractivity contribution in [2.24, 2.45) is 10.8 Å². The molecule has 3 heteroatoms. The van der Waals surface area contributed by atoms with Gasteiger partial charge in [0, 0.05) is 13.5 Å².